The van der Waals surface area contributed by atoms with Crippen LogP contribution in [0.3, 0.4) is 0 Å². The molecule has 0 amide bonds. The third-order valence-corrected chi connectivity index (χ3v) is 8.64. The molecule has 1 aromatic carbocycles. The molecule has 7 heteroatoms. The van der Waals surface area contributed by atoms with Crippen LogP contribution in [0, 0.1) is 5.92 Å². The lowest BCUT2D eigenvalue weighted by molar-refractivity contribution is 0.0899. The van der Waals surface area contributed by atoms with Crippen molar-refractivity contribution in [2.45, 2.75) is 64.9 Å². The van der Waals surface area contributed by atoms with Gasteiger partial charge in [-0.05, 0) is 36.6 Å². The fraction of sp³-hybridized carbons (Fsp3) is 0.519. The second-order valence-corrected chi connectivity index (χ2v) is 16.6. The molecule has 1 aliphatic heterocycles. The van der Waals surface area contributed by atoms with E-state index in [1.807, 2.05) is 6.20 Å². The van der Waals surface area contributed by atoms with Crippen LogP contribution in [0.5, 0.6) is 0 Å². The number of pyridine rings is 1. The average Bonchev–Trinajstić information content (AvgIpc) is 3.22. The lowest BCUT2D eigenvalue weighted by atomic mass is 9.92. The number of nitrogens with two attached hydrogens (primary N) is 1. The van der Waals surface area contributed by atoms with Crippen LogP contribution in [-0.4, -0.2) is 48.3 Å². The Bertz CT molecular complexity index is 1060. The third-order valence-electron chi connectivity index (χ3n) is 6.94. The molecule has 0 saturated carbocycles. The number of anilines is 1. The average molecular weight is 480 g/mol. The maximum absolute atomic E-state index is 6.14. The van der Waals surface area contributed by atoms with Crippen LogP contribution in [-0.2, 0) is 24.6 Å². The standard InChI is InChI=1S/C27H41N5OSi/c1-21-10-12-31(18-22-8-6-5-7-9-22)19-25(21)30-26-23(16-28)17-29-27-24(26)11-13-32(27)20-33-14-15-34(2,3)4/h5-9,11,13,17,21,25H,10,12,14-16,18-20,28H2,1-4H3,(H,29,30)/t21-,25+/m1/s1. The van der Waals surface area contributed by atoms with Gasteiger partial charge in [-0.25, -0.2) is 4.98 Å². The van der Waals surface area contributed by atoms with E-state index >= 15 is 0 Å². The quantitative estimate of drug-likeness (QED) is 0.312. The summed E-state index contributed by atoms with van der Waals surface area (Å²) in [7, 11) is -1.09. The van der Waals surface area contributed by atoms with Gasteiger partial charge in [0.15, 0.2) is 0 Å². The first-order valence-corrected chi connectivity index (χ1v) is 16.3. The molecule has 1 fully saturated rings. The van der Waals surface area contributed by atoms with Crippen molar-refractivity contribution in [2.24, 2.45) is 11.7 Å². The summed E-state index contributed by atoms with van der Waals surface area (Å²) < 4.78 is 8.11. The number of hydrogen-bond donors (Lipinski definition) is 2. The van der Waals surface area contributed by atoms with Gasteiger partial charge in [-0.15, -0.1) is 0 Å². The number of likely N-dealkylation sites (tertiary alicyclic amines) is 1. The van der Waals surface area contributed by atoms with E-state index < -0.39 is 8.07 Å². The Balaban J connectivity index is 1.49. The molecule has 1 aliphatic rings. The van der Waals surface area contributed by atoms with E-state index in [9.17, 15) is 0 Å². The molecule has 0 unspecified atom stereocenters. The van der Waals surface area contributed by atoms with Gasteiger partial charge in [-0.2, -0.15) is 0 Å². The molecule has 6 nitrogen and oxygen atoms in total. The van der Waals surface area contributed by atoms with Crippen LogP contribution in [0.15, 0.2) is 48.8 Å². The van der Waals surface area contributed by atoms with E-state index in [0.717, 1.165) is 48.5 Å². The molecule has 3 heterocycles. The van der Waals surface area contributed by atoms with E-state index in [4.69, 9.17) is 15.5 Å². The number of aromatic nitrogens is 2. The van der Waals surface area contributed by atoms with Crippen LogP contribution in [0.2, 0.25) is 25.7 Å². The van der Waals surface area contributed by atoms with E-state index in [2.05, 4.69) is 83.9 Å². The number of fused-ring (bicyclic) bond motifs is 1. The van der Waals surface area contributed by atoms with Gasteiger partial charge < -0.3 is 20.4 Å². The fourth-order valence-corrected chi connectivity index (χ4v) is 5.40. The predicted octanol–water partition coefficient (Wildman–Crippen LogP) is 5.13. The molecule has 0 spiro atoms. The lowest BCUT2D eigenvalue weighted by Crippen LogP contribution is -2.46. The zero-order chi connectivity index (χ0) is 24.1. The molecule has 34 heavy (non-hydrogen) atoms. The molecule has 0 bridgehead atoms. The van der Waals surface area contributed by atoms with Crippen molar-refractivity contribution >= 4 is 24.8 Å². The molecular weight excluding hydrogens is 438 g/mol. The SMILES string of the molecule is C[C@@H]1CCN(Cc2ccccc2)C[C@@H]1Nc1c(CN)cnc2c1ccn2COCC[Si](C)(C)C. The summed E-state index contributed by atoms with van der Waals surface area (Å²) in [4.78, 5) is 7.30. The number of nitrogens with zero attached hydrogens (tertiary/aromatic N) is 3. The highest BCUT2D eigenvalue weighted by atomic mass is 28.3. The molecule has 0 radical (unpaired) electrons. The summed E-state index contributed by atoms with van der Waals surface area (Å²) in [6.07, 6.45) is 5.20. The minimum atomic E-state index is -1.09. The largest absolute Gasteiger partial charge is 0.380 e. The Morgan fingerprint density at radius 3 is 2.71 bits per heavy atom. The first-order valence-electron chi connectivity index (χ1n) is 12.6. The minimum absolute atomic E-state index is 0.365. The molecule has 3 N–H and O–H groups in total. The number of ether oxygens (including phenoxy) is 1. The molecule has 184 valence electrons. The summed E-state index contributed by atoms with van der Waals surface area (Å²) in [5.41, 5.74) is 10.7. The highest BCUT2D eigenvalue weighted by molar-refractivity contribution is 6.76. The van der Waals surface area contributed by atoms with Crippen LogP contribution < -0.4 is 11.1 Å². The Morgan fingerprint density at radius 2 is 1.97 bits per heavy atom. The van der Waals surface area contributed by atoms with Gasteiger partial charge in [0.05, 0.1) is 5.69 Å². The molecule has 4 rings (SSSR count). The summed E-state index contributed by atoms with van der Waals surface area (Å²) >= 11 is 0. The zero-order valence-electron chi connectivity index (χ0n) is 21.3. The van der Waals surface area contributed by atoms with E-state index in [0.29, 0.717) is 25.2 Å². The first kappa shape index (κ1) is 24.9. The number of rotatable bonds is 10. The van der Waals surface area contributed by atoms with Crippen LogP contribution in [0.1, 0.15) is 24.5 Å². The second kappa shape index (κ2) is 11.0. The Morgan fingerprint density at radius 1 is 1.18 bits per heavy atom. The van der Waals surface area contributed by atoms with Gasteiger partial charge in [0.25, 0.3) is 0 Å². The normalized spacial score (nSPS) is 19.6. The van der Waals surface area contributed by atoms with Gasteiger partial charge >= 0.3 is 0 Å². The topological polar surface area (TPSA) is 68.3 Å². The second-order valence-electron chi connectivity index (χ2n) is 11.0. The van der Waals surface area contributed by atoms with Crippen LogP contribution in [0.25, 0.3) is 11.0 Å². The molecular formula is C27H41N5OSi. The summed E-state index contributed by atoms with van der Waals surface area (Å²) in [6, 6.07) is 14.4. The monoisotopic (exact) mass is 479 g/mol. The molecule has 1 saturated heterocycles. The van der Waals surface area contributed by atoms with Gasteiger partial charge in [0.1, 0.15) is 12.4 Å². The van der Waals surface area contributed by atoms with Gasteiger partial charge in [-0.3, -0.25) is 4.90 Å². The maximum atomic E-state index is 6.14. The van der Waals surface area contributed by atoms with Crippen LogP contribution >= 0.6 is 0 Å². The van der Waals surface area contributed by atoms with Crippen molar-refractivity contribution in [3.63, 3.8) is 0 Å². The molecule has 0 aliphatic carbocycles. The van der Waals surface area contributed by atoms with Crippen molar-refractivity contribution in [2.75, 3.05) is 25.0 Å². The molecule has 2 aromatic heterocycles. The van der Waals surface area contributed by atoms with Crippen molar-refractivity contribution in [1.29, 1.82) is 0 Å². The number of piperidine rings is 1. The van der Waals surface area contributed by atoms with Crippen molar-refractivity contribution in [3.05, 3.63) is 59.9 Å². The van der Waals surface area contributed by atoms with Crippen molar-refractivity contribution < 1.29 is 4.74 Å². The first-order chi connectivity index (χ1) is 16.3. The van der Waals surface area contributed by atoms with E-state index in [-0.39, 0.29) is 0 Å². The van der Waals surface area contributed by atoms with Crippen molar-refractivity contribution in [1.82, 2.24) is 14.5 Å². The van der Waals surface area contributed by atoms with Gasteiger partial charge in [0, 0.05) is 63.7 Å². The Hall–Kier alpha value is -2.19. The van der Waals surface area contributed by atoms with Gasteiger partial charge in [0.2, 0.25) is 0 Å². The Kier molecular flexibility index (Phi) is 8.09. The maximum Gasteiger partial charge on any atom is 0.143 e. The molecule has 2 atom stereocenters. The summed E-state index contributed by atoms with van der Waals surface area (Å²) in [5.74, 6) is 0.591. The Labute approximate surface area is 205 Å². The highest BCUT2D eigenvalue weighted by Crippen LogP contribution is 2.30. The lowest BCUT2D eigenvalue weighted by Gasteiger charge is -2.38. The van der Waals surface area contributed by atoms with Crippen LogP contribution in [0.4, 0.5) is 5.69 Å². The fourth-order valence-electron chi connectivity index (χ4n) is 4.65. The number of benzene rings is 1. The highest BCUT2D eigenvalue weighted by Gasteiger charge is 2.27. The zero-order valence-corrected chi connectivity index (χ0v) is 22.3. The van der Waals surface area contributed by atoms with Gasteiger partial charge in [-0.1, -0.05) is 56.9 Å². The predicted molar refractivity (Wildman–Crippen MR) is 145 cm³/mol. The molecule has 3 aromatic rings. The van der Waals surface area contributed by atoms with Crippen molar-refractivity contribution in [3.8, 4) is 0 Å². The summed E-state index contributed by atoms with van der Waals surface area (Å²) in [6.45, 7) is 14.4. The number of nitrogens with one attached hydrogen (secondary N) is 1. The van der Waals surface area contributed by atoms with E-state index in [1.165, 1.54) is 18.0 Å². The summed E-state index contributed by atoms with van der Waals surface area (Å²) in [5, 5.41) is 5.03. The third kappa shape index (κ3) is 6.27. The van der Waals surface area contributed by atoms with E-state index in [1.54, 1.807) is 0 Å². The minimum Gasteiger partial charge on any atom is -0.380 e. The number of hydrogen-bond acceptors (Lipinski definition) is 5. The smallest absolute Gasteiger partial charge is 0.143 e.